The molecule has 39 heavy (non-hydrogen) atoms. The maximum absolute atomic E-state index is 13.6. The second-order valence-electron chi connectivity index (χ2n) is 9.43. The van der Waals surface area contributed by atoms with Crippen LogP contribution in [0.1, 0.15) is 35.1 Å². The first-order valence-electron chi connectivity index (χ1n) is 12.0. The number of halogens is 6. The van der Waals surface area contributed by atoms with Crippen molar-refractivity contribution in [1.82, 2.24) is 15.1 Å². The molecular formula is C26H22F6N4O2S. The second kappa shape index (κ2) is 10.4. The molecule has 3 heterocycles. The second-order valence-corrected chi connectivity index (χ2v) is 10.5. The fraction of sp³-hybridized carbons (Fsp3) is 0.346. The van der Waals surface area contributed by atoms with Gasteiger partial charge in [0.2, 0.25) is 0 Å². The van der Waals surface area contributed by atoms with Gasteiger partial charge in [0.15, 0.2) is 0 Å². The Morgan fingerprint density at radius 3 is 2.64 bits per heavy atom. The van der Waals surface area contributed by atoms with Gasteiger partial charge in [0.1, 0.15) is 0 Å². The molecule has 206 valence electrons. The van der Waals surface area contributed by atoms with E-state index >= 15 is 0 Å². The SMILES string of the molecule is O=C1N=C(C2CCNCC(O)C2)S/C1=C\c1ccc2c(cnn2Cc2ccc(C(F)(F)F)cc2C(F)(F)F)c1. The molecule has 1 amide bonds. The number of rotatable bonds is 4. The molecule has 1 fully saturated rings. The van der Waals surface area contributed by atoms with Gasteiger partial charge in [0, 0.05) is 17.8 Å². The fourth-order valence-corrected chi connectivity index (χ4v) is 5.75. The summed E-state index contributed by atoms with van der Waals surface area (Å²) in [6.45, 7) is 0.825. The monoisotopic (exact) mass is 568 g/mol. The van der Waals surface area contributed by atoms with E-state index in [0.29, 0.717) is 52.0 Å². The van der Waals surface area contributed by atoms with E-state index in [2.05, 4.69) is 15.4 Å². The molecule has 2 aliphatic rings. The highest BCUT2D eigenvalue weighted by Gasteiger charge is 2.38. The zero-order valence-corrected chi connectivity index (χ0v) is 21.0. The number of alkyl halides is 6. The maximum Gasteiger partial charge on any atom is 0.416 e. The molecule has 2 N–H and O–H groups in total. The Labute approximate surface area is 222 Å². The number of aliphatic hydroxyl groups excluding tert-OH is 1. The molecule has 2 aliphatic heterocycles. The van der Waals surface area contributed by atoms with Crippen LogP contribution in [0.2, 0.25) is 0 Å². The molecular weight excluding hydrogens is 546 g/mol. The van der Waals surface area contributed by atoms with E-state index in [4.69, 9.17) is 0 Å². The lowest BCUT2D eigenvalue weighted by Crippen LogP contribution is -2.24. The van der Waals surface area contributed by atoms with Crippen LogP contribution in [0.3, 0.4) is 0 Å². The number of thioether (sulfide) groups is 1. The number of carbonyl (C=O) groups excluding carboxylic acids is 1. The van der Waals surface area contributed by atoms with Crippen molar-refractivity contribution in [2.75, 3.05) is 13.1 Å². The van der Waals surface area contributed by atoms with Gasteiger partial charge in [-0.05, 0) is 60.9 Å². The first-order chi connectivity index (χ1) is 18.4. The molecule has 13 heteroatoms. The van der Waals surface area contributed by atoms with Crippen molar-refractivity contribution >= 4 is 39.7 Å². The van der Waals surface area contributed by atoms with Crippen molar-refractivity contribution in [3.8, 4) is 0 Å². The highest BCUT2D eigenvalue weighted by molar-refractivity contribution is 8.18. The number of carbonyl (C=O) groups is 1. The van der Waals surface area contributed by atoms with Crippen molar-refractivity contribution < 1.29 is 36.2 Å². The number of fused-ring (bicyclic) bond motifs is 1. The summed E-state index contributed by atoms with van der Waals surface area (Å²) in [5.74, 6) is -0.401. The quantitative estimate of drug-likeness (QED) is 0.321. The number of aliphatic imine (C=N–C) groups is 1. The Balaban J connectivity index is 1.37. The van der Waals surface area contributed by atoms with Gasteiger partial charge in [-0.3, -0.25) is 9.48 Å². The molecule has 0 spiro atoms. The van der Waals surface area contributed by atoms with Gasteiger partial charge in [-0.15, -0.1) is 0 Å². The lowest BCUT2D eigenvalue weighted by atomic mass is 10.0. The largest absolute Gasteiger partial charge is 0.416 e. The van der Waals surface area contributed by atoms with Crippen LogP contribution in [-0.4, -0.2) is 45.0 Å². The van der Waals surface area contributed by atoms with Gasteiger partial charge >= 0.3 is 12.4 Å². The van der Waals surface area contributed by atoms with E-state index in [1.54, 1.807) is 24.3 Å². The van der Waals surface area contributed by atoms with Crippen LogP contribution in [0, 0.1) is 5.92 Å². The van der Waals surface area contributed by atoms with Crippen molar-refractivity contribution in [3.05, 3.63) is 69.8 Å². The van der Waals surface area contributed by atoms with Crippen LogP contribution in [0.4, 0.5) is 26.3 Å². The zero-order valence-electron chi connectivity index (χ0n) is 20.2. The maximum atomic E-state index is 13.6. The molecule has 2 aromatic carbocycles. The van der Waals surface area contributed by atoms with Crippen LogP contribution in [0.25, 0.3) is 17.0 Å². The summed E-state index contributed by atoms with van der Waals surface area (Å²) in [6.07, 6.45) is -6.01. The number of benzene rings is 2. The molecule has 0 aliphatic carbocycles. The Morgan fingerprint density at radius 1 is 1.10 bits per heavy atom. The van der Waals surface area contributed by atoms with Crippen LogP contribution in [-0.2, 0) is 23.7 Å². The summed E-state index contributed by atoms with van der Waals surface area (Å²) in [7, 11) is 0. The van der Waals surface area contributed by atoms with Crippen molar-refractivity contribution in [2.45, 2.75) is 37.8 Å². The van der Waals surface area contributed by atoms with Crippen LogP contribution in [0.5, 0.6) is 0 Å². The van der Waals surface area contributed by atoms with Gasteiger partial charge in [-0.2, -0.15) is 31.4 Å². The highest BCUT2D eigenvalue weighted by Crippen LogP contribution is 2.38. The number of amides is 1. The predicted octanol–water partition coefficient (Wildman–Crippen LogP) is 5.50. The Kier molecular flexibility index (Phi) is 7.33. The minimum Gasteiger partial charge on any atom is -0.392 e. The first-order valence-corrected chi connectivity index (χ1v) is 12.8. The molecule has 3 aromatic rings. The van der Waals surface area contributed by atoms with E-state index < -0.39 is 29.6 Å². The number of nitrogens with zero attached hydrogens (tertiary/aromatic N) is 3. The summed E-state index contributed by atoms with van der Waals surface area (Å²) in [6, 6.07) is 6.58. The smallest absolute Gasteiger partial charge is 0.392 e. The summed E-state index contributed by atoms with van der Waals surface area (Å²) in [5.41, 5.74) is -1.95. The lowest BCUT2D eigenvalue weighted by Gasteiger charge is -2.16. The molecule has 6 nitrogen and oxygen atoms in total. The van der Waals surface area contributed by atoms with Crippen molar-refractivity contribution in [3.63, 3.8) is 0 Å². The summed E-state index contributed by atoms with van der Waals surface area (Å²) < 4.78 is 81.0. The highest BCUT2D eigenvalue weighted by atomic mass is 32.2. The average Bonchev–Trinajstić information content (AvgIpc) is 3.34. The van der Waals surface area contributed by atoms with Gasteiger partial charge in [0.05, 0.1) is 45.4 Å². The minimum absolute atomic E-state index is 0.0256. The molecule has 2 unspecified atom stereocenters. The molecule has 1 aromatic heterocycles. The fourth-order valence-electron chi connectivity index (χ4n) is 4.69. The van der Waals surface area contributed by atoms with E-state index in [1.165, 1.54) is 22.6 Å². The Hall–Kier alpha value is -3.16. The van der Waals surface area contributed by atoms with E-state index in [0.717, 1.165) is 12.5 Å². The van der Waals surface area contributed by atoms with E-state index in [-0.39, 0.29) is 30.0 Å². The third-order valence-electron chi connectivity index (χ3n) is 6.62. The first kappa shape index (κ1) is 27.4. The van der Waals surface area contributed by atoms with Crippen LogP contribution < -0.4 is 5.32 Å². The summed E-state index contributed by atoms with van der Waals surface area (Å²) in [5, 5.41) is 18.6. The Morgan fingerprint density at radius 2 is 1.90 bits per heavy atom. The third-order valence-corrected chi connectivity index (χ3v) is 7.76. The molecule has 0 saturated carbocycles. The van der Waals surface area contributed by atoms with Gasteiger partial charge in [-0.25, -0.2) is 4.99 Å². The third kappa shape index (κ3) is 6.04. The van der Waals surface area contributed by atoms with Gasteiger partial charge < -0.3 is 10.4 Å². The predicted molar refractivity (Wildman–Crippen MR) is 135 cm³/mol. The zero-order chi connectivity index (χ0) is 27.9. The van der Waals surface area contributed by atoms with Crippen LogP contribution in [0.15, 0.2) is 52.5 Å². The number of β-amino-alcohol motifs (C(OH)–C–C–N with tert-alkyl or cyclic N) is 1. The topological polar surface area (TPSA) is 79.5 Å². The summed E-state index contributed by atoms with van der Waals surface area (Å²) >= 11 is 1.27. The molecule has 1 saturated heterocycles. The molecule has 5 rings (SSSR count). The average molecular weight is 569 g/mol. The van der Waals surface area contributed by atoms with E-state index in [9.17, 15) is 36.2 Å². The lowest BCUT2D eigenvalue weighted by molar-refractivity contribution is -0.143. The number of hydrogen-bond donors (Lipinski definition) is 2. The minimum atomic E-state index is -4.98. The number of hydrogen-bond acceptors (Lipinski definition) is 5. The molecule has 2 atom stereocenters. The van der Waals surface area contributed by atoms with E-state index in [1.807, 2.05) is 0 Å². The van der Waals surface area contributed by atoms with Gasteiger partial charge in [-0.1, -0.05) is 23.9 Å². The van der Waals surface area contributed by atoms with Gasteiger partial charge in [0.25, 0.3) is 5.91 Å². The number of nitrogens with one attached hydrogen (secondary N) is 1. The van der Waals surface area contributed by atoms with Crippen molar-refractivity contribution in [2.24, 2.45) is 10.9 Å². The van der Waals surface area contributed by atoms with Crippen molar-refractivity contribution in [1.29, 1.82) is 0 Å². The molecule has 0 bridgehead atoms. The Bertz CT molecular complexity index is 1480. The number of aliphatic hydroxyl groups is 1. The normalized spacial score (nSPS) is 22.0. The molecule has 0 radical (unpaired) electrons. The van der Waals surface area contributed by atoms with Crippen LogP contribution >= 0.6 is 11.8 Å². The summed E-state index contributed by atoms with van der Waals surface area (Å²) in [4.78, 5) is 17.1. The number of aromatic nitrogens is 2. The standard InChI is InChI=1S/C26H22F6N4O2S/c27-25(28,29)18-3-2-16(20(10-18)26(30,31)32)13-36-21-4-1-14(7-17(21)11-34-36)8-22-23(38)35-24(39-22)15-5-6-33-12-19(37)9-15/h1-4,7-8,10-11,15,19,33,37H,5-6,9,12-13H2/b22-8-.